The fourth-order valence-corrected chi connectivity index (χ4v) is 1.25. The minimum absolute atomic E-state index is 0.539. The highest BCUT2D eigenvalue weighted by molar-refractivity contribution is 6.34. The average Bonchev–Trinajstić information content (AvgIpc) is 2.46. The van der Waals surface area contributed by atoms with Crippen molar-refractivity contribution in [3.63, 3.8) is 0 Å². The predicted molar refractivity (Wildman–Crippen MR) is 69.3 cm³/mol. The molecule has 0 spiro atoms. The van der Waals surface area contributed by atoms with Crippen LogP contribution >= 0.6 is 0 Å². The van der Waals surface area contributed by atoms with Gasteiger partial charge in [-0.2, -0.15) is 5.10 Å². The van der Waals surface area contributed by atoms with Crippen LogP contribution in [-0.2, 0) is 9.59 Å². The summed E-state index contributed by atoms with van der Waals surface area (Å²) in [6.07, 6.45) is 1.37. The van der Waals surface area contributed by atoms with E-state index in [0.717, 1.165) is 0 Å². The molecule has 2 N–H and O–H groups in total. The van der Waals surface area contributed by atoms with Crippen molar-refractivity contribution in [2.45, 2.75) is 0 Å². The van der Waals surface area contributed by atoms with E-state index in [0.29, 0.717) is 17.1 Å². The van der Waals surface area contributed by atoms with Gasteiger partial charge in [0.25, 0.3) is 0 Å². The first kappa shape index (κ1) is 14.5. The maximum Gasteiger partial charge on any atom is 0.329 e. The Bertz CT molecular complexity index is 500. The van der Waals surface area contributed by atoms with Gasteiger partial charge in [0.1, 0.15) is 11.5 Å². The summed E-state index contributed by atoms with van der Waals surface area (Å²) in [5.74, 6) is -0.425. The number of benzene rings is 1. The van der Waals surface area contributed by atoms with Crippen molar-refractivity contribution in [2.75, 3.05) is 21.3 Å². The van der Waals surface area contributed by atoms with E-state index < -0.39 is 11.8 Å². The highest BCUT2D eigenvalue weighted by Crippen LogP contribution is 2.22. The monoisotopic (exact) mass is 265 g/mol. The van der Waals surface area contributed by atoms with Gasteiger partial charge >= 0.3 is 11.8 Å². The molecule has 2 amide bonds. The van der Waals surface area contributed by atoms with Crippen molar-refractivity contribution in [3.8, 4) is 11.5 Å². The van der Waals surface area contributed by atoms with Gasteiger partial charge in [0.2, 0.25) is 0 Å². The highest BCUT2D eigenvalue weighted by atomic mass is 16.5. The molecule has 0 saturated heterocycles. The van der Waals surface area contributed by atoms with Gasteiger partial charge < -0.3 is 14.8 Å². The number of likely N-dealkylation sites (N-methyl/N-ethyl adjacent to an activating group) is 1. The first-order valence-corrected chi connectivity index (χ1v) is 5.39. The smallest absolute Gasteiger partial charge is 0.329 e. The van der Waals surface area contributed by atoms with E-state index in [4.69, 9.17) is 9.47 Å². The lowest BCUT2D eigenvalue weighted by Crippen LogP contribution is -2.35. The summed E-state index contributed by atoms with van der Waals surface area (Å²) in [5.41, 5.74) is 2.73. The molecule has 0 aromatic heterocycles. The van der Waals surface area contributed by atoms with Crippen molar-refractivity contribution in [2.24, 2.45) is 5.10 Å². The van der Waals surface area contributed by atoms with Gasteiger partial charge in [0.15, 0.2) is 0 Å². The number of carbonyl (C=O) groups is 2. The first-order valence-electron chi connectivity index (χ1n) is 5.39. The van der Waals surface area contributed by atoms with Crippen LogP contribution in [0, 0.1) is 0 Å². The van der Waals surface area contributed by atoms with Gasteiger partial charge in [0, 0.05) is 18.7 Å². The molecule has 0 saturated carbocycles. The van der Waals surface area contributed by atoms with Crippen LogP contribution in [0.1, 0.15) is 5.56 Å². The predicted octanol–water partition coefficient (Wildman–Crippen LogP) is -0.100. The second kappa shape index (κ2) is 7.00. The minimum Gasteiger partial charge on any atom is -0.497 e. The van der Waals surface area contributed by atoms with E-state index in [1.165, 1.54) is 20.4 Å². The molecule has 0 aliphatic carbocycles. The van der Waals surface area contributed by atoms with E-state index in [9.17, 15) is 9.59 Å². The third-order valence-electron chi connectivity index (χ3n) is 2.24. The Morgan fingerprint density at radius 3 is 2.53 bits per heavy atom. The van der Waals surface area contributed by atoms with Crippen LogP contribution in [0.5, 0.6) is 11.5 Å². The van der Waals surface area contributed by atoms with Gasteiger partial charge in [-0.3, -0.25) is 9.59 Å². The summed E-state index contributed by atoms with van der Waals surface area (Å²) in [6.45, 7) is 0. The zero-order valence-corrected chi connectivity index (χ0v) is 10.9. The number of hydrogen-bond acceptors (Lipinski definition) is 5. The van der Waals surface area contributed by atoms with Gasteiger partial charge in [0.05, 0.1) is 20.4 Å². The zero-order valence-electron chi connectivity index (χ0n) is 10.9. The fraction of sp³-hybridized carbons (Fsp3) is 0.250. The van der Waals surface area contributed by atoms with E-state index in [1.807, 2.05) is 0 Å². The number of nitrogens with zero attached hydrogens (tertiary/aromatic N) is 1. The average molecular weight is 265 g/mol. The van der Waals surface area contributed by atoms with Crippen LogP contribution in [0.2, 0.25) is 0 Å². The lowest BCUT2D eigenvalue weighted by molar-refractivity contribution is -0.138. The number of methoxy groups -OCH3 is 2. The number of nitrogens with one attached hydrogen (secondary N) is 2. The second-order valence-corrected chi connectivity index (χ2v) is 3.39. The molecule has 7 heteroatoms. The molecule has 19 heavy (non-hydrogen) atoms. The summed E-state index contributed by atoms with van der Waals surface area (Å²) in [6, 6.07) is 5.12. The lowest BCUT2D eigenvalue weighted by atomic mass is 10.2. The van der Waals surface area contributed by atoms with Crippen LogP contribution in [0.15, 0.2) is 23.3 Å². The van der Waals surface area contributed by atoms with Gasteiger partial charge in [-0.05, 0) is 12.1 Å². The van der Waals surface area contributed by atoms with Gasteiger partial charge in [-0.1, -0.05) is 0 Å². The maximum atomic E-state index is 11.1. The molecule has 0 fully saturated rings. The molecule has 1 aromatic rings. The maximum absolute atomic E-state index is 11.1. The largest absolute Gasteiger partial charge is 0.497 e. The third-order valence-corrected chi connectivity index (χ3v) is 2.24. The Labute approximate surface area is 110 Å². The molecule has 0 bridgehead atoms. The van der Waals surface area contributed by atoms with Crippen molar-refractivity contribution in [1.82, 2.24) is 10.7 Å². The summed E-state index contributed by atoms with van der Waals surface area (Å²) in [4.78, 5) is 22.1. The molecule has 0 radical (unpaired) electrons. The number of amides is 2. The van der Waals surface area contributed by atoms with Crippen LogP contribution in [0.4, 0.5) is 0 Å². The summed E-state index contributed by atoms with van der Waals surface area (Å²) >= 11 is 0. The van der Waals surface area contributed by atoms with E-state index >= 15 is 0 Å². The number of rotatable bonds is 4. The molecule has 1 rings (SSSR count). The number of hydrogen-bond donors (Lipinski definition) is 2. The Kier molecular flexibility index (Phi) is 5.34. The Morgan fingerprint density at radius 2 is 1.95 bits per heavy atom. The van der Waals surface area contributed by atoms with Gasteiger partial charge in [-0.25, -0.2) is 5.43 Å². The number of ether oxygens (including phenoxy) is 2. The van der Waals surface area contributed by atoms with Crippen molar-refractivity contribution in [3.05, 3.63) is 23.8 Å². The summed E-state index contributed by atoms with van der Waals surface area (Å²) in [7, 11) is 4.42. The normalized spacial score (nSPS) is 10.1. The lowest BCUT2D eigenvalue weighted by Gasteiger charge is -2.06. The molecule has 0 aliphatic rings. The quantitative estimate of drug-likeness (QED) is 0.452. The van der Waals surface area contributed by atoms with E-state index in [2.05, 4.69) is 15.8 Å². The number of hydrazone groups is 1. The Hall–Kier alpha value is -2.57. The molecule has 1 aromatic carbocycles. The summed E-state index contributed by atoms with van der Waals surface area (Å²) < 4.78 is 10.2. The topological polar surface area (TPSA) is 89.0 Å². The van der Waals surface area contributed by atoms with Crippen molar-refractivity contribution >= 4 is 18.0 Å². The molecule has 0 unspecified atom stereocenters. The Morgan fingerprint density at radius 1 is 1.21 bits per heavy atom. The van der Waals surface area contributed by atoms with Crippen molar-refractivity contribution in [1.29, 1.82) is 0 Å². The fourth-order valence-electron chi connectivity index (χ4n) is 1.25. The van der Waals surface area contributed by atoms with Crippen LogP contribution in [-0.4, -0.2) is 39.3 Å². The standard InChI is InChI=1S/C12H15N3O4/c1-13-11(16)12(17)15-14-7-8-4-5-9(18-2)6-10(8)19-3/h4-7H,1-3H3,(H,13,16)(H,15,17)/b14-7+. The SMILES string of the molecule is CNC(=O)C(=O)N/N=C/c1ccc(OC)cc1OC. The van der Waals surface area contributed by atoms with Crippen LogP contribution in [0.25, 0.3) is 0 Å². The molecule has 7 nitrogen and oxygen atoms in total. The second-order valence-electron chi connectivity index (χ2n) is 3.39. The van der Waals surface area contributed by atoms with Crippen LogP contribution < -0.4 is 20.2 Å². The molecule has 102 valence electrons. The third kappa shape index (κ3) is 3.98. The first-order chi connectivity index (χ1) is 9.12. The molecule has 0 atom stereocenters. The molecular formula is C12H15N3O4. The van der Waals surface area contributed by atoms with E-state index in [1.54, 1.807) is 25.3 Å². The molecule has 0 heterocycles. The minimum atomic E-state index is -0.841. The van der Waals surface area contributed by atoms with E-state index in [-0.39, 0.29) is 0 Å². The van der Waals surface area contributed by atoms with Crippen LogP contribution in [0.3, 0.4) is 0 Å². The Balaban J connectivity index is 2.76. The highest BCUT2D eigenvalue weighted by Gasteiger charge is 2.09. The molecular weight excluding hydrogens is 250 g/mol. The van der Waals surface area contributed by atoms with Gasteiger partial charge in [-0.15, -0.1) is 0 Å². The molecule has 0 aliphatic heterocycles. The van der Waals surface area contributed by atoms with Crippen molar-refractivity contribution < 1.29 is 19.1 Å². The zero-order chi connectivity index (χ0) is 14.3. The number of carbonyl (C=O) groups excluding carboxylic acids is 2. The summed E-state index contributed by atoms with van der Waals surface area (Å²) in [5, 5.41) is 5.85.